The van der Waals surface area contributed by atoms with Gasteiger partial charge in [0.2, 0.25) is 0 Å². The maximum atomic E-state index is 10.3. The monoisotopic (exact) mass is 366 g/mol. The molecular formula is C17H16Cl2N2O3. The van der Waals surface area contributed by atoms with Crippen LogP contribution in [-0.2, 0) is 13.2 Å². The standard InChI is InChI=1S/C17H16Cl2N2O3/c18-11-5-6-13(19)16(7-11)24-10-12(23)8-21-15-4-2-1-3-14(15)20-17(21)9-22/h1-7,12,22-23H,8-10H2/t12-/m1/s1. The van der Waals surface area contributed by atoms with Gasteiger partial charge in [0.25, 0.3) is 0 Å². The summed E-state index contributed by atoms with van der Waals surface area (Å²) in [6.45, 7) is 0.0778. The molecule has 0 spiro atoms. The molecule has 2 aromatic carbocycles. The molecule has 1 aromatic heterocycles. The van der Waals surface area contributed by atoms with E-state index in [1.807, 2.05) is 24.3 Å². The molecule has 0 fully saturated rings. The summed E-state index contributed by atoms with van der Waals surface area (Å²) >= 11 is 11.9. The minimum atomic E-state index is -0.803. The van der Waals surface area contributed by atoms with Gasteiger partial charge in [-0.2, -0.15) is 0 Å². The second kappa shape index (κ2) is 7.40. The molecule has 126 valence electrons. The third-order valence-corrected chi connectivity index (χ3v) is 4.14. The van der Waals surface area contributed by atoms with Crippen LogP contribution in [0.25, 0.3) is 11.0 Å². The first kappa shape index (κ1) is 17.0. The van der Waals surface area contributed by atoms with Crippen LogP contribution in [0.5, 0.6) is 5.75 Å². The molecule has 7 heteroatoms. The van der Waals surface area contributed by atoms with Crippen LogP contribution in [0.15, 0.2) is 42.5 Å². The van der Waals surface area contributed by atoms with E-state index < -0.39 is 6.10 Å². The number of halogens is 2. The number of nitrogens with zero attached hydrogens (tertiary/aromatic N) is 2. The van der Waals surface area contributed by atoms with Crippen molar-refractivity contribution in [3.05, 3.63) is 58.3 Å². The van der Waals surface area contributed by atoms with Crippen molar-refractivity contribution in [1.82, 2.24) is 9.55 Å². The van der Waals surface area contributed by atoms with Crippen LogP contribution in [0, 0.1) is 0 Å². The average molecular weight is 367 g/mol. The summed E-state index contributed by atoms with van der Waals surface area (Å²) in [5, 5.41) is 20.7. The molecule has 3 rings (SSSR count). The highest BCUT2D eigenvalue weighted by Crippen LogP contribution is 2.28. The summed E-state index contributed by atoms with van der Waals surface area (Å²) in [5.41, 5.74) is 1.62. The number of rotatable bonds is 6. The molecular weight excluding hydrogens is 351 g/mol. The zero-order valence-electron chi connectivity index (χ0n) is 12.7. The van der Waals surface area contributed by atoms with E-state index in [9.17, 15) is 10.2 Å². The lowest BCUT2D eigenvalue weighted by Crippen LogP contribution is -2.24. The molecule has 1 atom stereocenters. The van der Waals surface area contributed by atoms with Crippen molar-refractivity contribution in [2.75, 3.05) is 6.61 Å². The Bertz CT molecular complexity index is 851. The van der Waals surface area contributed by atoms with E-state index in [0.717, 1.165) is 11.0 Å². The van der Waals surface area contributed by atoms with Gasteiger partial charge in [0.05, 0.1) is 22.6 Å². The normalized spacial score (nSPS) is 12.5. The van der Waals surface area contributed by atoms with Crippen molar-refractivity contribution >= 4 is 34.2 Å². The van der Waals surface area contributed by atoms with Crippen molar-refractivity contribution in [2.24, 2.45) is 0 Å². The number of benzene rings is 2. The van der Waals surface area contributed by atoms with Crippen LogP contribution in [0.3, 0.4) is 0 Å². The number of fused-ring (bicyclic) bond motifs is 1. The number of aliphatic hydroxyl groups is 2. The fourth-order valence-electron chi connectivity index (χ4n) is 2.49. The first-order valence-corrected chi connectivity index (χ1v) is 8.15. The quantitative estimate of drug-likeness (QED) is 0.702. The lowest BCUT2D eigenvalue weighted by atomic mass is 10.3. The Morgan fingerprint density at radius 2 is 1.96 bits per heavy atom. The zero-order valence-corrected chi connectivity index (χ0v) is 14.2. The minimum Gasteiger partial charge on any atom is -0.489 e. The Morgan fingerprint density at radius 3 is 2.75 bits per heavy atom. The van der Waals surface area contributed by atoms with E-state index in [4.69, 9.17) is 27.9 Å². The van der Waals surface area contributed by atoms with Crippen LogP contribution < -0.4 is 4.74 Å². The summed E-state index contributed by atoms with van der Waals surface area (Å²) in [4.78, 5) is 4.35. The SMILES string of the molecule is OCc1nc2ccccc2n1C[C@@H](O)COc1cc(Cl)ccc1Cl. The highest BCUT2D eigenvalue weighted by molar-refractivity contribution is 6.34. The maximum absolute atomic E-state index is 10.3. The van der Waals surface area contributed by atoms with Gasteiger partial charge in [0.15, 0.2) is 0 Å². The summed E-state index contributed by atoms with van der Waals surface area (Å²) in [7, 11) is 0. The van der Waals surface area contributed by atoms with Gasteiger partial charge in [0, 0.05) is 11.1 Å². The molecule has 0 radical (unpaired) electrons. The van der Waals surface area contributed by atoms with Gasteiger partial charge in [-0.25, -0.2) is 4.98 Å². The summed E-state index contributed by atoms with van der Waals surface area (Å²) in [6.07, 6.45) is -0.803. The molecule has 3 aromatic rings. The van der Waals surface area contributed by atoms with Crippen LogP contribution in [0.2, 0.25) is 10.0 Å². The second-order valence-electron chi connectivity index (χ2n) is 5.33. The Hall–Kier alpha value is -1.79. The van der Waals surface area contributed by atoms with Gasteiger partial charge in [0.1, 0.15) is 30.9 Å². The van der Waals surface area contributed by atoms with E-state index >= 15 is 0 Å². The average Bonchev–Trinajstić information content (AvgIpc) is 2.93. The molecule has 0 unspecified atom stereocenters. The van der Waals surface area contributed by atoms with Crippen LogP contribution in [0.4, 0.5) is 0 Å². The lowest BCUT2D eigenvalue weighted by Gasteiger charge is -2.16. The second-order valence-corrected chi connectivity index (χ2v) is 6.17. The highest BCUT2D eigenvalue weighted by atomic mass is 35.5. The van der Waals surface area contributed by atoms with Crippen LogP contribution >= 0.6 is 23.2 Å². The Morgan fingerprint density at radius 1 is 1.17 bits per heavy atom. The number of hydrogen-bond acceptors (Lipinski definition) is 4. The third-order valence-electron chi connectivity index (χ3n) is 3.59. The van der Waals surface area contributed by atoms with E-state index in [-0.39, 0.29) is 19.8 Å². The molecule has 2 N–H and O–H groups in total. The molecule has 0 saturated carbocycles. The summed E-state index contributed by atoms with van der Waals surface area (Å²) < 4.78 is 7.33. The van der Waals surface area contributed by atoms with Gasteiger partial charge in [-0.3, -0.25) is 0 Å². The third kappa shape index (κ3) is 3.65. The fraction of sp³-hybridized carbons (Fsp3) is 0.235. The van der Waals surface area contributed by atoms with E-state index in [1.54, 1.807) is 22.8 Å². The minimum absolute atomic E-state index is 0.0391. The van der Waals surface area contributed by atoms with E-state index in [2.05, 4.69) is 4.98 Å². The summed E-state index contributed by atoms with van der Waals surface area (Å²) in [6, 6.07) is 12.4. The van der Waals surface area contributed by atoms with Crippen molar-refractivity contribution in [2.45, 2.75) is 19.3 Å². The number of aromatic nitrogens is 2. The van der Waals surface area contributed by atoms with Crippen LogP contribution in [0.1, 0.15) is 5.82 Å². The number of imidazole rings is 1. The van der Waals surface area contributed by atoms with Gasteiger partial charge < -0.3 is 19.5 Å². The van der Waals surface area contributed by atoms with Crippen molar-refractivity contribution in [1.29, 1.82) is 0 Å². The Kier molecular flexibility index (Phi) is 5.26. The zero-order chi connectivity index (χ0) is 17.1. The van der Waals surface area contributed by atoms with Gasteiger partial charge in [-0.15, -0.1) is 0 Å². The molecule has 5 nitrogen and oxygen atoms in total. The molecule has 0 amide bonds. The molecule has 0 aliphatic carbocycles. The van der Waals surface area contributed by atoms with E-state index in [0.29, 0.717) is 21.6 Å². The molecule has 24 heavy (non-hydrogen) atoms. The smallest absolute Gasteiger partial charge is 0.139 e. The van der Waals surface area contributed by atoms with Gasteiger partial charge in [-0.05, 0) is 24.3 Å². The molecule has 0 saturated heterocycles. The predicted octanol–water partition coefficient (Wildman–Crippen LogP) is 3.28. The molecule has 1 heterocycles. The Balaban J connectivity index is 1.73. The fourth-order valence-corrected chi connectivity index (χ4v) is 2.82. The number of aliphatic hydroxyl groups excluding tert-OH is 2. The predicted molar refractivity (Wildman–Crippen MR) is 93.6 cm³/mol. The molecule has 0 aliphatic heterocycles. The number of ether oxygens (including phenoxy) is 1. The van der Waals surface area contributed by atoms with Crippen molar-refractivity contribution < 1.29 is 14.9 Å². The maximum Gasteiger partial charge on any atom is 0.139 e. The first-order chi connectivity index (χ1) is 11.6. The highest BCUT2D eigenvalue weighted by Gasteiger charge is 2.14. The van der Waals surface area contributed by atoms with Crippen molar-refractivity contribution in [3.63, 3.8) is 0 Å². The van der Waals surface area contributed by atoms with E-state index in [1.165, 1.54) is 0 Å². The first-order valence-electron chi connectivity index (χ1n) is 7.39. The van der Waals surface area contributed by atoms with Gasteiger partial charge in [-0.1, -0.05) is 35.3 Å². The molecule has 0 aliphatic rings. The van der Waals surface area contributed by atoms with Crippen molar-refractivity contribution in [3.8, 4) is 5.75 Å². The Labute approximate surface area is 149 Å². The van der Waals surface area contributed by atoms with Crippen LogP contribution in [-0.4, -0.2) is 32.5 Å². The topological polar surface area (TPSA) is 67.5 Å². The summed E-state index contributed by atoms with van der Waals surface area (Å²) in [5.74, 6) is 0.914. The number of para-hydroxylation sites is 2. The molecule has 0 bridgehead atoms. The largest absolute Gasteiger partial charge is 0.489 e. The van der Waals surface area contributed by atoms with Gasteiger partial charge >= 0.3 is 0 Å². The lowest BCUT2D eigenvalue weighted by molar-refractivity contribution is 0.0915. The number of hydrogen-bond donors (Lipinski definition) is 2.